The van der Waals surface area contributed by atoms with E-state index in [4.69, 9.17) is 9.84 Å². The smallest absolute Gasteiger partial charge is 0.364 e. The molecule has 88 valence electrons. The van der Waals surface area contributed by atoms with Crippen LogP contribution in [0.5, 0.6) is 0 Å². The highest BCUT2D eigenvalue weighted by molar-refractivity contribution is 5.71. The Kier molecular flexibility index (Phi) is 4.33. The van der Waals surface area contributed by atoms with Gasteiger partial charge in [-0.05, 0) is 6.07 Å². The molecule has 0 bridgehead atoms. The maximum absolute atomic E-state index is 13.1. The number of carboxylic acids is 1. The average molecular weight is 232 g/mol. The normalized spacial score (nSPS) is 12.4. The molecule has 1 aromatic rings. The molecule has 0 fully saturated rings. The molecule has 1 rings (SSSR count). The van der Waals surface area contributed by atoms with Gasteiger partial charge < -0.3 is 15.6 Å². The number of halogens is 2. The molecule has 0 aliphatic heterocycles. The minimum absolute atomic E-state index is 0.106. The Labute approximate surface area is 90.6 Å². The quantitative estimate of drug-likeness (QED) is 0.760. The van der Waals surface area contributed by atoms with E-state index >= 15 is 0 Å². The first-order chi connectivity index (χ1) is 7.50. The van der Waals surface area contributed by atoms with Crippen LogP contribution in [0.4, 0.5) is 8.78 Å². The average Bonchev–Trinajstić information content (AvgIpc) is 2.20. The van der Waals surface area contributed by atoms with Crippen molar-refractivity contribution in [1.29, 1.82) is 0 Å². The van der Waals surface area contributed by atoms with Gasteiger partial charge in [-0.25, -0.2) is 13.6 Å². The van der Waals surface area contributed by atoms with Gasteiger partial charge in [0.05, 0.1) is 6.61 Å². The molecule has 0 heterocycles. The molecule has 6 heteroatoms. The van der Waals surface area contributed by atoms with E-state index in [-0.39, 0.29) is 18.8 Å². The van der Waals surface area contributed by atoms with Gasteiger partial charge in [0, 0.05) is 11.6 Å². The third kappa shape index (κ3) is 3.56. The second-order valence-corrected chi connectivity index (χ2v) is 3.29. The van der Waals surface area contributed by atoms with Gasteiger partial charge in [0.25, 0.3) is 0 Å². The second-order valence-electron chi connectivity index (χ2n) is 3.29. The molecule has 0 aliphatic carbocycles. The van der Waals surface area contributed by atoms with Crippen molar-refractivity contribution in [3.8, 4) is 0 Å². The number of hydrogen-bond donors (Lipinski definition) is 2. The lowest BCUT2D eigenvalue weighted by atomic mass is 10.2. The van der Waals surface area contributed by atoms with E-state index < -0.39 is 23.6 Å². The van der Waals surface area contributed by atoms with Gasteiger partial charge in [0.15, 0.2) is 0 Å². The molecular weight excluding hydrogens is 220 g/mol. The predicted octanol–water partition coefficient (Wildman–Crippen LogP) is 0.176. The molecule has 0 radical (unpaired) electrons. The molecule has 1 unspecified atom stereocenters. The first-order valence-electron chi connectivity index (χ1n) is 4.58. The Morgan fingerprint density at radius 1 is 1.50 bits per heavy atom. The van der Waals surface area contributed by atoms with Crippen molar-refractivity contribution in [2.45, 2.75) is 12.6 Å². The SMILES string of the molecule is [NH3+]C(COCc1ccc(F)cc1F)C(=O)O. The van der Waals surface area contributed by atoms with Gasteiger partial charge >= 0.3 is 5.97 Å². The van der Waals surface area contributed by atoms with E-state index in [0.29, 0.717) is 0 Å². The summed E-state index contributed by atoms with van der Waals surface area (Å²) in [6, 6.07) is 2.21. The Morgan fingerprint density at radius 2 is 2.19 bits per heavy atom. The summed E-state index contributed by atoms with van der Waals surface area (Å²) < 4.78 is 30.6. The van der Waals surface area contributed by atoms with Gasteiger partial charge in [-0.2, -0.15) is 0 Å². The van der Waals surface area contributed by atoms with Crippen LogP contribution < -0.4 is 5.73 Å². The van der Waals surface area contributed by atoms with Crippen molar-refractivity contribution >= 4 is 5.97 Å². The summed E-state index contributed by atoms with van der Waals surface area (Å²) >= 11 is 0. The van der Waals surface area contributed by atoms with Crippen molar-refractivity contribution in [3.05, 3.63) is 35.4 Å². The zero-order valence-corrected chi connectivity index (χ0v) is 8.45. The van der Waals surface area contributed by atoms with E-state index in [9.17, 15) is 13.6 Å². The molecule has 0 aliphatic rings. The lowest BCUT2D eigenvalue weighted by Crippen LogP contribution is -2.67. The van der Waals surface area contributed by atoms with Gasteiger partial charge in [0.1, 0.15) is 18.2 Å². The molecule has 4 nitrogen and oxygen atoms in total. The molecule has 1 aromatic carbocycles. The molecule has 16 heavy (non-hydrogen) atoms. The molecule has 0 spiro atoms. The number of rotatable bonds is 5. The molecule has 1 atom stereocenters. The maximum atomic E-state index is 13.1. The summed E-state index contributed by atoms with van der Waals surface area (Å²) in [6.07, 6.45) is 0. The fourth-order valence-corrected chi connectivity index (χ4v) is 1.02. The monoisotopic (exact) mass is 232 g/mol. The van der Waals surface area contributed by atoms with E-state index in [1.165, 1.54) is 6.07 Å². The first kappa shape index (κ1) is 12.5. The highest BCUT2D eigenvalue weighted by atomic mass is 19.1. The third-order valence-corrected chi connectivity index (χ3v) is 1.94. The Bertz CT molecular complexity index is 384. The first-order valence-corrected chi connectivity index (χ1v) is 4.58. The van der Waals surface area contributed by atoms with E-state index in [0.717, 1.165) is 12.1 Å². The van der Waals surface area contributed by atoms with E-state index in [1.54, 1.807) is 0 Å². The van der Waals surface area contributed by atoms with Crippen LogP contribution in [0.1, 0.15) is 5.56 Å². The van der Waals surface area contributed by atoms with Crippen molar-refractivity contribution in [2.75, 3.05) is 6.61 Å². The highest BCUT2D eigenvalue weighted by Crippen LogP contribution is 2.10. The van der Waals surface area contributed by atoms with Crippen LogP contribution in [0.3, 0.4) is 0 Å². The van der Waals surface area contributed by atoms with Crippen LogP contribution in [0.2, 0.25) is 0 Å². The fourth-order valence-electron chi connectivity index (χ4n) is 1.02. The summed E-state index contributed by atoms with van der Waals surface area (Å²) in [7, 11) is 0. The number of quaternary nitrogens is 1. The Hall–Kier alpha value is -1.53. The molecular formula is C10H12F2NO3+. The van der Waals surface area contributed by atoms with Crippen LogP contribution in [-0.4, -0.2) is 23.7 Å². The number of carboxylic acid groups (broad SMARTS) is 1. The van der Waals surface area contributed by atoms with Crippen molar-refractivity contribution in [1.82, 2.24) is 0 Å². The summed E-state index contributed by atoms with van der Waals surface area (Å²) in [6.45, 7) is -0.225. The minimum Gasteiger partial charge on any atom is -0.477 e. The van der Waals surface area contributed by atoms with Gasteiger partial charge in [-0.3, -0.25) is 0 Å². The highest BCUT2D eigenvalue weighted by Gasteiger charge is 2.15. The molecule has 0 saturated carbocycles. The van der Waals surface area contributed by atoms with Gasteiger partial charge in [-0.1, -0.05) is 6.07 Å². The van der Waals surface area contributed by atoms with Crippen LogP contribution in [0.15, 0.2) is 18.2 Å². The summed E-state index contributed by atoms with van der Waals surface area (Å²) in [5.74, 6) is -2.46. The topological polar surface area (TPSA) is 74.2 Å². The number of benzene rings is 1. The molecule has 4 N–H and O–H groups in total. The second kappa shape index (κ2) is 5.53. The predicted molar refractivity (Wildman–Crippen MR) is 50.3 cm³/mol. The Balaban J connectivity index is 2.46. The molecule has 0 amide bonds. The van der Waals surface area contributed by atoms with Crippen molar-refractivity contribution in [3.63, 3.8) is 0 Å². The number of ether oxygens (including phenoxy) is 1. The fraction of sp³-hybridized carbons (Fsp3) is 0.300. The van der Waals surface area contributed by atoms with E-state index in [1.807, 2.05) is 0 Å². The van der Waals surface area contributed by atoms with Crippen LogP contribution in [0.25, 0.3) is 0 Å². The van der Waals surface area contributed by atoms with Crippen LogP contribution in [0, 0.1) is 11.6 Å². The number of carbonyl (C=O) groups is 1. The summed E-state index contributed by atoms with van der Waals surface area (Å²) in [5.41, 5.74) is 3.51. The zero-order chi connectivity index (χ0) is 12.1. The van der Waals surface area contributed by atoms with E-state index in [2.05, 4.69) is 5.73 Å². The number of hydrogen-bond acceptors (Lipinski definition) is 2. The summed E-state index contributed by atoms with van der Waals surface area (Å²) in [5, 5.41) is 8.50. The molecule has 0 saturated heterocycles. The standard InChI is InChI=1S/C10H11F2NO3/c11-7-2-1-6(8(12)3-7)4-16-5-9(13)10(14)15/h1-3,9H,4-5,13H2,(H,14,15)/p+1. The van der Waals surface area contributed by atoms with Crippen LogP contribution >= 0.6 is 0 Å². The van der Waals surface area contributed by atoms with Crippen LogP contribution in [-0.2, 0) is 16.1 Å². The largest absolute Gasteiger partial charge is 0.477 e. The summed E-state index contributed by atoms with van der Waals surface area (Å²) in [4.78, 5) is 10.4. The minimum atomic E-state index is -1.08. The van der Waals surface area contributed by atoms with Crippen molar-refractivity contribution < 1.29 is 29.2 Å². The maximum Gasteiger partial charge on any atom is 0.364 e. The zero-order valence-electron chi connectivity index (χ0n) is 8.45. The molecule has 0 aromatic heterocycles. The lowest BCUT2D eigenvalue weighted by Gasteiger charge is -2.06. The Morgan fingerprint density at radius 3 is 2.75 bits per heavy atom. The van der Waals surface area contributed by atoms with Crippen molar-refractivity contribution in [2.24, 2.45) is 0 Å². The number of aliphatic carboxylic acids is 1. The van der Waals surface area contributed by atoms with Gasteiger partial charge in [-0.15, -0.1) is 0 Å². The lowest BCUT2D eigenvalue weighted by molar-refractivity contribution is -0.414. The third-order valence-electron chi connectivity index (χ3n) is 1.94. The van der Waals surface area contributed by atoms with Gasteiger partial charge in [0.2, 0.25) is 6.04 Å².